The number of para-hydroxylation sites is 3. The molecule has 7 nitrogen and oxygen atoms in total. The molecule has 0 fully saturated rings. The number of urea groups is 1. The van der Waals surface area contributed by atoms with Crippen LogP contribution in [-0.2, 0) is 0 Å². The van der Waals surface area contributed by atoms with Crippen LogP contribution in [0.4, 0.5) is 16.3 Å². The fourth-order valence-corrected chi connectivity index (χ4v) is 2.54. The maximum Gasteiger partial charge on any atom is 0.325 e. The summed E-state index contributed by atoms with van der Waals surface area (Å²) in [6.45, 7) is 0. The van der Waals surface area contributed by atoms with E-state index < -0.39 is 6.03 Å². The molecule has 0 saturated heterocycles. The van der Waals surface area contributed by atoms with Crippen LogP contribution < -0.4 is 10.6 Å². The molecule has 4 aromatic rings. The Balaban J connectivity index is 1.85. The molecule has 0 aliphatic carbocycles. The van der Waals surface area contributed by atoms with Crippen LogP contribution in [0, 0.1) is 0 Å². The van der Waals surface area contributed by atoms with Gasteiger partial charge in [0.1, 0.15) is 16.9 Å². The number of fused-ring (bicyclic) bond motifs is 1. The van der Waals surface area contributed by atoms with Crippen LogP contribution in [0.3, 0.4) is 0 Å². The summed E-state index contributed by atoms with van der Waals surface area (Å²) in [6, 6.07) is 15.8. The van der Waals surface area contributed by atoms with Gasteiger partial charge in [-0.25, -0.2) is 14.7 Å². The minimum atomic E-state index is -0.636. The third-order valence-electron chi connectivity index (χ3n) is 3.60. The largest absolute Gasteiger partial charge is 0.436 e. The quantitative estimate of drug-likeness (QED) is 0.604. The first-order valence-corrected chi connectivity index (χ1v) is 7.28. The van der Waals surface area contributed by atoms with Gasteiger partial charge in [-0.15, -0.1) is 0 Å². The molecule has 0 radical (unpaired) electrons. The Hall–Kier alpha value is -3.61. The number of aromatic nitrogens is 3. The molecule has 0 aliphatic heterocycles. The molecule has 0 bridgehead atoms. The molecule has 4 rings (SSSR count). The van der Waals surface area contributed by atoms with Crippen LogP contribution in [0.15, 0.2) is 65.2 Å². The third-order valence-corrected chi connectivity index (χ3v) is 3.60. The van der Waals surface area contributed by atoms with E-state index in [0.717, 1.165) is 5.52 Å². The molecular formula is C17H13N5O2. The second-order valence-electron chi connectivity index (χ2n) is 5.13. The maximum absolute atomic E-state index is 12.0. The van der Waals surface area contributed by atoms with Crippen LogP contribution in [0.5, 0.6) is 0 Å². The number of benzene rings is 2. The van der Waals surface area contributed by atoms with Crippen molar-refractivity contribution in [3.05, 3.63) is 60.8 Å². The number of anilines is 2. The Kier molecular flexibility index (Phi) is 3.24. The Morgan fingerprint density at radius 3 is 2.58 bits per heavy atom. The monoisotopic (exact) mass is 319 g/mol. The zero-order valence-electron chi connectivity index (χ0n) is 12.5. The summed E-state index contributed by atoms with van der Waals surface area (Å²) in [5, 5.41) is 6.83. The number of H-pyrrole nitrogens is 1. The van der Waals surface area contributed by atoms with Crippen molar-refractivity contribution in [1.82, 2.24) is 15.2 Å². The van der Waals surface area contributed by atoms with Crippen molar-refractivity contribution in [2.45, 2.75) is 0 Å². The van der Waals surface area contributed by atoms with Gasteiger partial charge in [-0.1, -0.05) is 30.3 Å². The minimum Gasteiger partial charge on any atom is -0.436 e. The first-order chi connectivity index (χ1) is 11.7. The van der Waals surface area contributed by atoms with Crippen molar-refractivity contribution in [2.24, 2.45) is 5.73 Å². The van der Waals surface area contributed by atoms with Gasteiger partial charge in [-0.3, -0.25) is 5.10 Å². The zero-order valence-corrected chi connectivity index (χ0v) is 12.5. The molecule has 0 unspecified atom stereocenters. The SMILES string of the molecule is NC(=O)N(c1ccccc1)c1[nH]ncc1-c1nc2ccccc2o1. The second kappa shape index (κ2) is 5.54. The van der Waals surface area contributed by atoms with E-state index in [1.807, 2.05) is 42.5 Å². The van der Waals surface area contributed by atoms with Crippen molar-refractivity contribution in [1.29, 1.82) is 0 Å². The Morgan fingerprint density at radius 2 is 1.83 bits per heavy atom. The summed E-state index contributed by atoms with van der Waals surface area (Å²) in [6.07, 6.45) is 1.55. The fourth-order valence-electron chi connectivity index (χ4n) is 2.54. The van der Waals surface area contributed by atoms with E-state index in [9.17, 15) is 4.79 Å². The van der Waals surface area contributed by atoms with Crippen LogP contribution in [0.1, 0.15) is 0 Å². The summed E-state index contributed by atoms with van der Waals surface area (Å²) in [4.78, 5) is 17.8. The lowest BCUT2D eigenvalue weighted by Crippen LogP contribution is -2.32. The van der Waals surface area contributed by atoms with E-state index in [0.29, 0.717) is 28.5 Å². The average Bonchev–Trinajstić information content (AvgIpc) is 3.22. The standard InChI is InChI=1S/C17H13N5O2/c18-17(23)22(11-6-2-1-3-7-11)15-12(10-19-21-15)16-20-13-8-4-5-9-14(13)24-16/h1-10H,(H2,18,23)(H,19,21). The number of rotatable bonds is 3. The lowest BCUT2D eigenvalue weighted by atomic mass is 10.2. The van der Waals surface area contributed by atoms with Crippen molar-refractivity contribution in [3.63, 3.8) is 0 Å². The lowest BCUT2D eigenvalue weighted by molar-refractivity contribution is 0.256. The van der Waals surface area contributed by atoms with Crippen LogP contribution >= 0.6 is 0 Å². The van der Waals surface area contributed by atoms with Crippen molar-refractivity contribution in [2.75, 3.05) is 4.90 Å². The van der Waals surface area contributed by atoms with E-state index >= 15 is 0 Å². The molecule has 2 amide bonds. The third kappa shape index (κ3) is 2.28. The predicted molar refractivity (Wildman–Crippen MR) is 89.8 cm³/mol. The molecule has 0 aliphatic rings. The van der Waals surface area contributed by atoms with Gasteiger partial charge in [-0.2, -0.15) is 5.10 Å². The number of carbonyl (C=O) groups is 1. The summed E-state index contributed by atoms with van der Waals surface area (Å²) in [7, 11) is 0. The van der Waals surface area contributed by atoms with Crippen molar-refractivity contribution >= 4 is 28.6 Å². The van der Waals surface area contributed by atoms with E-state index in [2.05, 4.69) is 15.2 Å². The maximum atomic E-state index is 12.0. The highest BCUT2D eigenvalue weighted by molar-refractivity contribution is 6.00. The number of nitrogens with two attached hydrogens (primary N) is 1. The van der Waals surface area contributed by atoms with E-state index in [1.165, 1.54) is 4.90 Å². The fraction of sp³-hybridized carbons (Fsp3) is 0. The van der Waals surface area contributed by atoms with E-state index in [-0.39, 0.29) is 0 Å². The minimum absolute atomic E-state index is 0.363. The summed E-state index contributed by atoms with van der Waals surface area (Å²) in [5.41, 5.74) is 8.12. The lowest BCUT2D eigenvalue weighted by Gasteiger charge is -2.19. The number of primary amides is 1. The molecule has 7 heteroatoms. The van der Waals surface area contributed by atoms with Crippen LogP contribution in [0.2, 0.25) is 0 Å². The van der Waals surface area contributed by atoms with Gasteiger partial charge in [0.15, 0.2) is 5.58 Å². The van der Waals surface area contributed by atoms with Gasteiger partial charge in [-0.05, 0) is 24.3 Å². The molecule has 0 saturated carbocycles. The van der Waals surface area contributed by atoms with Gasteiger partial charge >= 0.3 is 6.03 Å². The van der Waals surface area contributed by atoms with Gasteiger partial charge in [0, 0.05) is 0 Å². The zero-order chi connectivity index (χ0) is 16.5. The number of nitrogens with zero attached hydrogens (tertiary/aromatic N) is 3. The molecule has 118 valence electrons. The first-order valence-electron chi connectivity index (χ1n) is 7.28. The van der Waals surface area contributed by atoms with Gasteiger partial charge < -0.3 is 10.2 Å². The number of amides is 2. The number of carbonyl (C=O) groups excluding carboxylic acids is 1. The normalized spacial score (nSPS) is 10.8. The summed E-state index contributed by atoms with van der Waals surface area (Å²) in [5.74, 6) is 0.766. The smallest absolute Gasteiger partial charge is 0.325 e. The number of aromatic amines is 1. The van der Waals surface area contributed by atoms with Crippen LogP contribution in [-0.4, -0.2) is 21.2 Å². The Morgan fingerprint density at radius 1 is 1.08 bits per heavy atom. The number of hydrogen-bond acceptors (Lipinski definition) is 4. The van der Waals surface area contributed by atoms with E-state index in [4.69, 9.17) is 10.2 Å². The molecule has 0 spiro atoms. The molecule has 2 heterocycles. The second-order valence-corrected chi connectivity index (χ2v) is 5.13. The van der Waals surface area contributed by atoms with Crippen LogP contribution in [0.25, 0.3) is 22.6 Å². The highest BCUT2D eigenvalue weighted by Crippen LogP contribution is 2.34. The van der Waals surface area contributed by atoms with E-state index in [1.54, 1.807) is 18.3 Å². The highest BCUT2D eigenvalue weighted by atomic mass is 16.3. The Bertz CT molecular complexity index is 973. The molecule has 2 aromatic heterocycles. The first kappa shape index (κ1) is 14.0. The molecule has 3 N–H and O–H groups in total. The number of hydrogen-bond donors (Lipinski definition) is 2. The molecular weight excluding hydrogens is 306 g/mol. The van der Waals surface area contributed by atoms with Gasteiger partial charge in [0.05, 0.1) is 11.9 Å². The van der Waals surface area contributed by atoms with Crippen molar-refractivity contribution < 1.29 is 9.21 Å². The van der Waals surface area contributed by atoms with Gasteiger partial charge in [0.2, 0.25) is 5.89 Å². The summed E-state index contributed by atoms with van der Waals surface area (Å²) >= 11 is 0. The Labute approximate surface area is 136 Å². The topological polar surface area (TPSA) is 101 Å². The average molecular weight is 319 g/mol. The predicted octanol–water partition coefficient (Wildman–Crippen LogP) is 3.43. The van der Waals surface area contributed by atoms with Gasteiger partial charge in [0.25, 0.3) is 0 Å². The molecule has 0 atom stereocenters. The highest BCUT2D eigenvalue weighted by Gasteiger charge is 2.23. The molecule has 2 aromatic carbocycles. The number of nitrogens with one attached hydrogen (secondary N) is 1. The number of oxazole rings is 1. The van der Waals surface area contributed by atoms with Crippen molar-refractivity contribution in [3.8, 4) is 11.5 Å². The molecule has 24 heavy (non-hydrogen) atoms. The summed E-state index contributed by atoms with van der Waals surface area (Å²) < 4.78 is 5.77.